The number of hydrogen-bond donors (Lipinski definition) is 2. The van der Waals surface area contributed by atoms with Crippen LogP contribution in [0.3, 0.4) is 0 Å². The first-order valence-electron chi connectivity index (χ1n) is 10.5. The lowest BCUT2D eigenvalue weighted by atomic mass is 9.93. The van der Waals surface area contributed by atoms with Crippen molar-refractivity contribution >= 4 is 23.6 Å². The predicted octanol–water partition coefficient (Wildman–Crippen LogP) is 4.37. The van der Waals surface area contributed by atoms with Crippen LogP contribution >= 0.6 is 0 Å². The molecule has 2 aromatic carbocycles. The van der Waals surface area contributed by atoms with Crippen LogP contribution in [0.15, 0.2) is 85.2 Å². The number of aromatic nitrogens is 4. The summed E-state index contributed by atoms with van der Waals surface area (Å²) >= 11 is 0. The average molecular weight is 441 g/mol. The van der Waals surface area contributed by atoms with Gasteiger partial charge in [-0.25, -0.2) is 19.7 Å². The Labute approximate surface area is 192 Å². The van der Waals surface area contributed by atoms with Gasteiger partial charge in [-0.3, -0.25) is 0 Å². The first-order valence-corrected chi connectivity index (χ1v) is 10.5. The molecule has 4 aromatic rings. The van der Waals surface area contributed by atoms with Gasteiger partial charge < -0.3 is 15.3 Å². The molecule has 0 spiro atoms. The Balaban J connectivity index is 1.57. The molecule has 33 heavy (non-hydrogen) atoms. The second kappa shape index (κ2) is 9.86. The molecule has 8 nitrogen and oxygen atoms in total. The third-order valence-corrected chi connectivity index (χ3v) is 5.38. The maximum absolute atomic E-state index is 12.0. The van der Waals surface area contributed by atoms with Crippen molar-refractivity contribution < 1.29 is 9.90 Å². The van der Waals surface area contributed by atoms with Crippen LogP contribution in [0.4, 0.5) is 17.6 Å². The van der Waals surface area contributed by atoms with Crippen molar-refractivity contribution in [2.24, 2.45) is 0 Å². The van der Waals surface area contributed by atoms with E-state index in [-0.39, 0.29) is 11.9 Å². The van der Waals surface area contributed by atoms with Gasteiger partial charge in [-0.2, -0.15) is 4.98 Å². The molecule has 0 saturated heterocycles. The lowest BCUT2D eigenvalue weighted by Gasteiger charge is -2.23. The summed E-state index contributed by atoms with van der Waals surface area (Å²) in [7, 11) is 1.84. The molecule has 166 valence electrons. The fraction of sp³-hybridized carbons (Fsp3) is 0.160. The first kappa shape index (κ1) is 21.9. The number of benzene rings is 2. The Bertz CT molecular complexity index is 1220. The second-order valence-electron chi connectivity index (χ2n) is 7.56. The molecule has 0 aliphatic carbocycles. The molecule has 2 aromatic heterocycles. The summed E-state index contributed by atoms with van der Waals surface area (Å²) < 4.78 is 0. The standard InChI is InChI=1S/C25H24N6O2/c1-17(18-9-5-3-6-10-18)22(24(32)33)30-25-27-16-14-21(29-25)31(2)20-13-15-26-23(28-20)19-11-7-4-8-12-19/h3-17,22H,1-2H3,(H,32,33)(H,27,29,30). The Hall–Kier alpha value is -4.33. The monoisotopic (exact) mass is 440 g/mol. The minimum absolute atomic E-state index is 0.229. The topological polar surface area (TPSA) is 104 Å². The third-order valence-electron chi connectivity index (χ3n) is 5.38. The van der Waals surface area contributed by atoms with E-state index >= 15 is 0 Å². The van der Waals surface area contributed by atoms with Gasteiger partial charge in [-0.15, -0.1) is 0 Å². The van der Waals surface area contributed by atoms with Crippen molar-refractivity contribution in [2.75, 3.05) is 17.3 Å². The van der Waals surface area contributed by atoms with Crippen LogP contribution in [-0.2, 0) is 4.79 Å². The number of carboxylic acids is 1. The van der Waals surface area contributed by atoms with E-state index in [9.17, 15) is 9.90 Å². The molecule has 0 bridgehead atoms. The Morgan fingerprint density at radius 2 is 1.48 bits per heavy atom. The van der Waals surface area contributed by atoms with Crippen molar-refractivity contribution in [2.45, 2.75) is 18.9 Å². The number of nitrogens with one attached hydrogen (secondary N) is 1. The summed E-state index contributed by atoms with van der Waals surface area (Å²) in [4.78, 5) is 31.6. The number of carboxylic acid groups (broad SMARTS) is 1. The van der Waals surface area contributed by atoms with Crippen LogP contribution in [-0.4, -0.2) is 44.1 Å². The van der Waals surface area contributed by atoms with Gasteiger partial charge in [0.25, 0.3) is 0 Å². The molecule has 0 fully saturated rings. The van der Waals surface area contributed by atoms with Crippen LogP contribution in [0.2, 0.25) is 0 Å². The largest absolute Gasteiger partial charge is 0.480 e. The molecule has 4 rings (SSSR count). The molecule has 2 atom stereocenters. The normalized spacial score (nSPS) is 12.5. The Kier molecular flexibility index (Phi) is 6.54. The molecule has 0 radical (unpaired) electrons. The van der Waals surface area contributed by atoms with E-state index in [1.807, 2.05) is 74.6 Å². The van der Waals surface area contributed by atoms with Gasteiger partial charge >= 0.3 is 5.97 Å². The fourth-order valence-electron chi connectivity index (χ4n) is 3.47. The summed E-state index contributed by atoms with van der Waals surface area (Å²) in [5, 5.41) is 12.8. The first-order chi connectivity index (χ1) is 16.0. The van der Waals surface area contributed by atoms with E-state index in [2.05, 4.69) is 25.3 Å². The average Bonchev–Trinajstić information content (AvgIpc) is 2.87. The van der Waals surface area contributed by atoms with Crippen molar-refractivity contribution in [3.05, 3.63) is 90.8 Å². The maximum Gasteiger partial charge on any atom is 0.326 e. The highest BCUT2D eigenvalue weighted by Crippen LogP contribution is 2.25. The molecule has 2 N–H and O–H groups in total. The third kappa shape index (κ3) is 5.12. The number of hydrogen-bond acceptors (Lipinski definition) is 7. The summed E-state index contributed by atoms with van der Waals surface area (Å²) in [6, 6.07) is 21.9. The molecular weight excluding hydrogens is 416 g/mol. The summed E-state index contributed by atoms with van der Waals surface area (Å²) in [5.74, 6) is 0.797. The fourth-order valence-corrected chi connectivity index (χ4v) is 3.47. The van der Waals surface area contributed by atoms with E-state index in [0.29, 0.717) is 17.5 Å². The van der Waals surface area contributed by atoms with Gasteiger partial charge in [0.2, 0.25) is 5.95 Å². The van der Waals surface area contributed by atoms with Gasteiger partial charge in [0.1, 0.15) is 17.7 Å². The van der Waals surface area contributed by atoms with E-state index < -0.39 is 12.0 Å². The van der Waals surface area contributed by atoms with Crippen LogP contribution < -0.4 is 10.2 Å². The summed E-state index contributed by atoms with van der Waals surface area (Å²) in [5.41, 5.74) is 1.83. The Morgan fingerprint density at radius 3 is 2.15 bits per heavy atom. The van der Waals surface area contributed by atoms with Crippen molar-refractivity contribution in [3.8, 4) is 11.4 Å². The zero-order chi connectivity index (χ0) is 23.2. The maximum atomic E-state index is 12.0. The van der Waals surface area contributed by atoms with Gasteiger partial charge in [0.15, 0.2) is 5.82 Å². The van der Waals surface area contributed by atoms with Crippen LogP contribution in [0.25, 0.3) is 11.4 Å². The lowest BCUT2D eigenvalue weighted by Crippen LogP contribution is -2.35. The minimum atomic E-state index is -0.975. The minimum Gasteiger partial charge on any atom is -0.480 e. The number of rotatable bonds is 8. The van der Waals surface area contributed by atoms with Gasteiger partial charge in [0.05, 0.1) is 0 Å². The number of anilines is 3. The molecule has 0 saturated carbocycles. The van der Waals surface area contributed by atoms with E-state index in [0.717, 1.165) is 11.1 Å². The second-order valence-corrected chi connectivity index (χ2v) is 7.56. The van der Waals surface area contributed by atoms with Gasteiger partial charge in [-0.1, -0.05) is 67.6 Å². The molecule has 2 unspecified atom stereocenters. The smallest absolute Gasteiger partial charge is 0.326 e. The van der Waals surface area contributed by atoms with Crippen molar-refractivity contribution in [3.63, 3.8) is 0 Å². The SMILES string of the molecule is CC(c1ccccc1)C(Nc1nccc(N(C)c2ccnc(-c3ccccc3)n2)n1)C(=O)O. The van der Waals surface area contributed by atoms with Crippen molar-refractivity contribution in [1.29, 1.82) is 0 Å². The van der Waals surface area contributed by atoms with Gasteiger partial charge in [0, 0.05) is 30.9 Å². The summed E-state index contributed by atoms with van der Waals surface area (Å²) in [6.45, 7) is 1.86. The number of aliphatic carboxylic acids is 1. The molecule has 0 aliphatic rings. The van der Waals surface area contributed by atoms with Crippen LogP contribution in [0, 0.1) is 0 Å². The van der Waals surface area contributed by atoms with E-state index in [1.165, 1.54) is 0 Å². The summed E-state index contributed by atoms with van der Waals surface area (Å²) in [6.07, 6.45) is 3.29. The van der Waals surface area contributed by atoms with Gasteiger partial charge in [-0.05, 0) is 17.7 Å². The molecule has 0 amide bonds. The highest BCUT2D eigenvalue weighted by molar-refractivity contribution is 5.78. The van der Waals surface area contributed by atoms with Crippen molar-refractivity contribution in [1.82, 2.24) is 19.9 Å². The zero-order valence-electron chi connectivity index (χ0n) is 18.3. The molecular formula is C25H24N6O2. The quantitative estimate of drug-likeness (QED) is 0.416. The lowest BCUT2D eigenvalue weighted by molar-refractivity contribution is -0.138. The van der Waals surface area contributed by atoms with E-state index in [1.54, 1.807) is 29.4 Å². The molecule has 8 heteroatoms. The predicted molar refractivity (Wildman–Crippen MR) is 127 cm³/mol. The highest BCUT2D eigenvalue weighted by atomic mass is 16.4. The Morgan fingerprint density at radius 1 is 0.879 bits per heavy atom. The number of nitrogens with zero attached hydrogens (tertiary/aromatic N) is 5. The zero-order valence-corrected chi connectivity index (χ0v) is 18.3. The molecule has 2 heterocycles. The highest BCUT2D eigenvalue weighted by Gasteiger charge is 2.27. The number of carbonyl (C=O) groups is 1. The van der Waals surface area contributed by atoms with E-state index in [4.69, 9.17) is 0 Å². The molecule has 0 aliphatic heterocycles. The van der Waals surface area contributed by atoms with Crippen LogP contribution in [0.1, 0.15) is 18.4 Å². The van der Waals surface area contributed by atoms with Crippen LogP contribution in [0.5, 0.6) is 0 Å².